The molecule has 0 saturated heterocycles. The lowest BCUT2D eigenvalue weighted by molar-refractivity contribution is 0.250. The third kappa shape index (κ3) is 1.81. The van der Waals surface area contributed by atoms with Crippen molar-refractivity contribution in [3.8, 4) is 0 Å². The summed E-state index contributed by atoms with van der Waals surface area (Å²) in [5, 5.41) is 14.8. The van der Waals surface area contributed by atoms with Crippen molar-refractivity contribution in [1.82, 2.24) is 19.8 Å². The molecule has 0 spiro atoms. The van der Waals surface area contributed by atoms with Crippen molar-refractivity contribution in [2.45, 2.75) is 62.7 Å². The Bertz CT molecular complexity index is 601. The fraction of sp³-hybridized carbons (Fsp3) is 0.786. The topological polar surface area (TPSA) is 69.1 Å². The quantitative estimate of drug-likeness (QED) is 0.943. The standard InChI is InChI=1S/C14H21N5S/c15-9-14(7-4-8-14)12-18-19-11(16-17-13(19)20-12)10-5-2-1-3-6-10/h10H,1-9,15H2. The molecular formula is C14H21N5S. The van der Waals surface area contributed by atoms with Gasteiger partial charge in [0.15, 0.2) is 5.82 Å². The van der Waals surface area contributed by atoms with Crippen molar-refractivity contribution in [3.05, 3.63) is 10.8 Å². The van der Waals surface area contributed by atoms with Crippen LogP contribution < -0.4 is 5.73 Å². The first kappa shape index (κ1) is 12.7. The van der Waals surface area contributed by atoms with Crippen LogP contribution in [0.1, 0.15) is 68.1 Å². The van der Waals surface area contributed by atoms with Crippen LogP contribution >= 0.6 is 11.3 Å². The van der Waals surface area contributed by atoms with Crippen LogP contribution in [-0.2, 0) is 5.41 Å². The van der Waals surface area contributed by atoms with Crippen LogP contribution in [0.4, 0.5) is 0 Å². The molecule has 2 aromatic heterocycles. The van der Waals surface area contributed by atoms with Gasteiger partial charge in [0.25, 0.3) is 0 Å². The lowest BCUT2D eigenvalue weighted by Crippen LogP contribution is -2.41. The van der Waals surface area contributed by atoms with E-state index < -0.39 is 0 Å². The van der Waals surface area contributed by atoms with Crippen LogP contribution in [0.5, 0.6) is 0 Å². The van der Waals surface area contributed by atoms with Crippen molar-refractivity contribution in [1.29, 1.82) is 0 Å². The van der Waals surface area contributed by atoms with Crippen molar-refractivity contribution >= 4 is 16.3 Å². The normalized spacial score (nSPS) is 23.1. The largest absolute Gasteiger partial charge is 0.329 e. The van der Waals surface area contributed by atoms with Crippen LogP contribution in [0.2, 0.25) is 0 Å². The Kier molecular flexibility index (Phi) is 3.03. The molecule has 6 heteroatoms. The predicted molar refractivity (Wildman–Crippen MR) is 79.1 cm³/mol. The zero-order chi connectivity index (χ0) is 13.6. The maximum atomic E-state index is 5.99. The molecule has 2 aliphatic carbocycles. The van der Waals surface area contributed by atoms with Crippen molar-refractivity contribution in [2.75, 3.05) is 6.54 Å². The molecule has 2 fully saturated rings. The van der Waals surface area contributed by atoms with Crippen molar-refractivity contribution in [3.63, 3.8) is 0 Å². The molecule has 0 aliphatic heterocycles. The molecule has 108 valence electrons. The molecule has 0 bridgehead atoms. The Hall–Kier alpha value is -1.01. The molecule has 2 aromatic rings. The SMILES string of the molecule is NCC1(c2nn3c(C4CCCCC4)nnc3s2)CCC1. The van der Waals surface area contributed by atoms with E-state index in [-0.39, 0.29) is 5.41 Å². The minimum Gasteiger partial charge on any atom is -0.329 e. The van der Waals surface area contributed by atoms with Crippen LogP contribution in [0.3, 0.4) is 0 Å². The highest BCUT2D eigenvalue weighted by atomic mass is 32.1. The summed E-state index contributed by atoms with van der Waals surface area (Å²) in [6.45, 7) is 0.704. The smallest absolute Gasteiger partial charge is 0.234 e. The summed E-state index contributed by atoms with van der Waals surface area (Å²) in [4.78, 5) is 0.945. The lowest BCUT2D eigenvalue weighted by Gasteiger charge is -2.38. The molecule has 2 aliphatic rings. The van der Waals surface area contributed by atoms with Gasteiger partial charge in [-0.3, -0.25) is 0 Å². The first-order valence-corrected chi connectivity index (χ1v) is 8.57. The fourth-order valence-electron chi connectivity index (χ4n) is 3.57. The van der Waals surface area contributed by atoms with Crippen LogP contribution in [0.15, 0.2) is 0 Å². The van der Waals surface area contributed by atoms with Gasteiger partial charge >= 0.3 is 0 Å². The molecule has 20 heavy (non-hydrogen) atoms. The molecule has 0 radical (unpaired) electrons. The summed E-state index contributed by atoms with van der Waals surface area (Å²) in [6.07, 6.45) is 10.1. The van der Waals surface area contributed by atoms with Crippen molar-refractivity contribution < 1.29 is 0 Å². The highest BCUT2D eigenvalue weighted by Gasteiger charge is 2.41. The average molecular weight is 291 g/mol. The zero-order valence-corrected chi connectivity index (χ0v) is 12.5. The maximum Gasteiger partial charge on any atom is 0.234 e. The Labute approximate surface area is 122 Å². The van der Waals surface area contributed by atoms with E-state index in [1.165, 1.54) is 56.4 Å². The number of hydrogen-bond donors (Lipinski definition) is 1. The van der Waals surface area contributed by atoms with E-state index in [9.17, 15) is 0 Å². The molecule has 2 heterocycles. The Morgan fingerprint density at radius 2 is 1.95 bits per heavy atom. The third-order valence-corrected chi connectivity index (χ3v) is 6.29. The van der Waals surface area contributed by atoms with E-state index >= 15 is 0 Å². The third-order valence-electron chi connectivity index (χ3n) is 5.14. The highest BCUT2D eigenvalue weighted by Crippen LogP contribution is 2.44. The van der Waals surface area contributed by atoms with Gasteiger partial charge in [0.1, 0.15) is 5.01 Å². The van der Waals surface area contributed by atoms with Gasteiger partial charge in [-0.2, -0.15) is 9.61 Å². The molecule has 0 atom stereocenters. The number of hydrogen-bond acceptors (Lipinski definition) is 5. The molecule has 4 rings (SSSR count). The monoisotopic (exact) mass is 291 g/mol. The van der Waals surface area contributed by atoms with E-state index in [0.29, 0.717) is 12.5 Å². The second-order valence-corrected chi connectivity index (χ2v) is 7.29. The predicted octanol–water partition coefficient (Wildman–Crippen LogP) is 2.61. The first-order valence-electron chi connectivity index (χ1n) is 7.75. The van der Waals surface area contributed by atoms with Gasteiger partial charge in [0.05, 0.1) is 0 Å². The number of aromatic nitrogens is 4. The van der Waals surface area contributed by atoms with E-state index in [4.69, 9.17) is 10.8 Å². The molecule has 0 amide bonds. The number of nitrogens with two attached hydrogens (primary N) is 1. The van der Waals surface area contributed by atoms with E-state index in [2.05, 4.69) is 10.2 Å². The first-order chi connectivity index (χ1) is 9.82. The van der Waals surface area contributed by atoms with Gasteiger partial charge in [0.2, 0.25) is 4.96 Å². The van der Waals surface area contributed by atoms with Crippen LogP contribution in [0.25, 0.3) is 4.96 Å². The summed E-state index contributed by atoms with van der Waals surface area (Å²) < 4.78 is 2.01. The van der Waals surface area contributed by atoms with Gasteiger partial charge in [-0.05, 0) is 25.7 Å². The minimum absolute atomic E-state index is 0.134. The number of rotatable bonds is 3. The summed E-state index contributed by atoms with van der Waals surface area (Å²) in [5.74, 6) is 1.62. The van der Waals surface area contributed by atoms with Gasteiger partial charge in [-0.1, -0.05) is 37.0 Å². The van der Waals surface area contributed by atoms with Gasteiger partial charge in [-0.15, -0.1) is 10.2 Å². The molecule has 2 N–H and O–H groups in total. The Balaban J connectivity index is 1.71. The van der Waals surface area contributed by atoms with Crippen LogP contribution in [0, 0.1) is 0 Å². The molecule has 0 aromatic carbocycles. The second kappa shape index (κ2) is 4.77. The Morgan fingerprint density at radius 3 is 2.60 bits per heavy atom. The zero-order valence-electron chi connectivity index (χ0n) is 11.7. The molecule has 0 unspecified atom stereocenters. The second-order valence-electron chi connectivity index (χ2n) is 6.33. The molecule has 2 saturated carbocycles. The minimum atomic E-state index is 0.134. The molecule has 5 nitrogen and oxygen atoms in total. The van der Waals surface area contributed by atoms with Gasteiger partial charge in [0, 0.05) is 17.9 Å². The van der Waals surface area contributed by atoms with E-state index in [1.54, 1.807) is 11.3 Å². The van der Waals surface area contributed by atoms with E-state index in [1.807, 2.05) is 4.52 Å². The lowest BCUT2D eigenvalue weighted by atomic mass is 9.69. The fourth-order valence-corrected chi connectivity index (χ4v) is 4.67. The van der Waals surface area contributed by atoms with Crippen LogP contribution in [-0.4, -0.2) is 26.4 Å². The highest BCUT2D eigenvalue weighted by molar-refractivity contribution is 7.16. The number of nitrogens with zero attached hydrogens (tertiary/aromatic N) is 4. The summed E-state index contributed by atoms with van der Waals surface area (Å²) in [6, 6.07) is 0. The summed E-state index contributed by atoms with van der Waals surface area (Å²) in [7, 11) is 0. The van der Waals surface area contributed by atoms with Gasteiger partial charge in [-0.25, -0.2) is 0 Å². The van der Waals surface area contributed by atoms with Crippen molar-refractivity contribution in [2.24, 2.45) is 5.73 Å². The van der Waals surface area contributed by atoms with E-state index in [0.717, 1.165) is 10.8 Å². The van der Waals surface area contributed by atoms with Gasteiger partial charge < -0.3 is 5.73 Å². The summed E-state index contributed by atoms with van der Waals surface area (Å²) in [5.41, 5.74) is 6.13. The summed E-state index contributed by atoms with van der Waals surface area (Å²) >= 11 is 1.69. The Morgan fingerprint density at radius 1 is 1.15 bits per heavy atom. The molecular weight excluding hydrogens is 270 g/mol. The number of fused-ring (bicyclic) bond motifs is 1. The average Bonchev–Trinajstić information content (AvgIpc) is 2.99. The maximum absolute atomic E-state index is 5.99.